The summed E-state index contributed by atoms with van der Waals surface area (Å²) in [6, 6.07) is 10.7. The SMILES string of the molecule is COc1ccc(-c2ccccn2)cc1B(O)O. The van der Waals surface area contributed by atoms with E-state index in [0.29, 0.717) is 11.2 Å². The molecule has 1 aromatic carbocycles. The predicted molar refractivity (Wildman–Crippen MR) is 66.1 cm³/mol. The van der Waals surface area contributed by atoms with Crippen LogP contribution in [-0.4, -0.2) is 29.3 Å². The Morgan fingerprint density at radius 1 is 1.18 bits per heavy atom. The molecule has 86 valence electrons. The van der Waals surface area contributed by atoms with Gasteiger partial charge in [0.1, 0.15) is 5.75 Å². The van der Waals surface area contributed by atoms with Crippen LogP contribution in [0.4, 0.5) is 0 Å². The summed E-state index contributed by atoms with van der Waals surface area (Å²) in [6.45, 7) is 0. The third kappa shape index (κ3) is 2.46. The van der Waals surface area contributed by atoms with Crippen LogP contribution in [0.1, 0.15) is 0 Å². The lowest BCUT2D eigenvalue weighted by Gasteiger charge is -2.09. The van der Waals surface area contributed by atoms with Crippen molar-refractivity contribution in [1.29, 1.82) is 0 Å². The van der Waals surface area contributed by atoms with Crippen molar-refractivity contribution in [3.05, 3.63) is 42.6 Å². The summed E-state index contributed by atoms with van der Waals surface area (Å²) >= 11 is 0. The first-order chi connectivity index (χ1) is 8.22. The van der Waals surface area contributed by atoms with E-state index in [4.69, 9.17) is 4.74 Å². The van der Waals surface area contributed by atoms with Crippen LogP contribution in [0, 0.1) is 0 Å². The fraction of sp³-hybridized carbons (Fsp3) is 0.0833. The molecule has 0 aliphatic carbocycles. The molecular formula is C12H12BNO3. The Morgan fingerprint density at radius 2 is 2.00 bits per heavy atom. The first-order valence-electron chi connectivity index (χ1n) is 5.18. The van der Waals surface area contributed by atoms with Crippen LogP contribution < -0.4 is 10.2 Å². The second-order valence-electron chi connectivity index (χ2n) is 3.55. The normalized spacial score (nSPS) is 10.1. The summed E-state index contributed by atoms with van der Waals surface area (Å²) in [6.07, 6.45) is 1.69. The summed E-state index contributed by atoms with van der Waals surface area (Å²) in [5.41, 5.74) is 1.92. The van der Waals surface area contributed by atoms with Crippen molar-refractivity contribution in [1.82, 2.24) is 4.98 Å². The average molecular weight is 229 g/mol. The number of benzene rings is 1. The number of hydrogen-bond acceptors (Lipinski definition) is 4. The molecule has 0 saturated carbocycles. The molecular weight excluding hydrogens is 217 g/mol. The molecule has 17 heavy (non-hydrogen) atoms. The van der Waals surface area contributed by atoms with Gasteiger partial charge in [-0.3, -0.25) is 4.98 Å². The van der Waals surface area contributed by atoms with Crippen LogP contribution in [0.5, 0.6) is 5.75 Å². The molecule has 1 heterocycles. The second kappa shape index (κ2) is 4.99. The number of aromatic nitrogens is 1. The maximum absolute atomic E-state index is 9.26. The zero-order valence-corrected chi connectivity index (χ0v) is 9.37. The number of rotatable bonds is 3. The van der Waals surface area contributed by atoms with Gasteiger partial charge in [-0.05, 0) is 30.3 Å². The first kappa shape index (κ1) is 11.6. The van der Waals surface area contributed by atoms with Crippen molar-refractivity contribution in [3.63, 3.8) is 0 Å². The fourth-order valence-electron chi connectivity index (χ4n) is 1.63. The first-order valence-corrected chi connectivity index (χ1v) is 5.18. The molecule has 0 spiro atoms. The highest BCUT2D eigenvalue weighted by molar-refractivity contribution is 6.59. The van der Waals surface area contributed by atoms with Gasteiger partial charge in [-0.25, -0.2) is 0 Å². The number of hydrogen-bond donors (Lipinski definition) is 2. The number of ether oxygens (including phenoxy) is 1. The van der Waals surface area contributed by atoms with E-state index >= 15 is 0 Å². The molecule has 0 bridgehead atoms. The van der Waals surface area contributed by atoms with Crippen LogP contribution in [0.15, 0.2) is 42.6 Å². The van der Waals surface area contributed by atoms with E-state index in [1.165, 1.54) is 7.11 Å². The molecule has 2 aromatic rings. The standard InChI is InChI=1S/C12H12BNO3/c1-17-12-6-5-9(8-10(12)13(15)16)11-4-2-3-7-14-11/h2-8,15-16H,1H3. The molecule has 0 saturated heterocycles. The van der Waals surface area contributed by atoms with E-state index in [9.17, 15) is 10.0 Å². The molecule has 0 aliphatic heterocycles. The number of pyridine rings is 1. The van der Waals surface area contributed by atoms with Gasteiger partial charge in [-0.2, -0.15) is 0 Å². The van der Waals surface area contributed by atoms with E-state index in [2.05, 4.69) is 4.98 Å². The molecule has 5 heteroatoms. The summed E-state index contributed by atoms with van der Waals surface area (Å²) < 4.78 is 5.06. The summed E-state index contributed by atoms with van der Waals surface area (Å²) in [7, 11) is -0.0737. The largest absolute Gasteiger partial charge is 0.497 e. The zero-order chi connectivity index (χ0) is 12.3. The van der Waals surface area contributed by atoms with Crippen molar-refractivity contribution in [2.45, 2.75) is 0 Å². The third-order valence-corrected chi connectivity index (χ3v) is 2.47. The monoisotopic (exact) mass is 229 g/mol. The van der Waals surface area contributed by atoms with Gasteiger partial charge in [-0.15, -0.1) is 0 Å². The zero-order valence-electron chi connectivity index (χ0n) is 9.37. The fourth-order valence-corrected chi connectivity index (χ4v) is 1.63. The second-order valence-corrected chi connectivity index (χ2v) is 3.55. The molecule has 2 N–H and O–H groups in total. The molecule has 0 atom stereocenters. The molecule has 4 nitrogen and oxygen atoms in total. The summed E-state index contributed by atoms with van der Waals surface area (Å²) in [5.74, 6) is 0.444. The maximum atomic E-state index is 9.26. The molecule has 0 amide bonds. The number of methoxy groups -OCH3 is 1. The lowest BCUT2D eigenvalue weighted by molar-refractivity contribution is 0.403. The van der Waals surface area contributed by atoms with Crippen LogP contribution >= 0.6 is 0 Å². The highest BCUT2D eigenvalue weighted by Gasteiger charge is 2.17. The minimum absolute atomic E-state index is 0.329. The lowest BCUT2D eigenvalue weighted by atomic mass is 9.78. The Bertz CT molecular complexity index is 502. The molecule has 2 rings (SSSR count). The summed E-state index contributed by atoms with van der Waals surface area (Å²) in [5, 5.41) is 18.5. The van der Waals surface area contributed by atoms with Gasteiger partial charge in [0.25, 0.3) is 0 Å². The quantitative estimate of drug-likeness (QED) is 0.749. The highest BCUT2D eigenvalue weighted by atomic mass is 16.5. The van der Waals surface area contributed by atoms with E-state index in [1.807, 2.05) is 24.3 Å². The average Bonchev–Trinajstić information content (AvgIpc) is 2.39. The van der Waals surface area contributed by atoms with Gasteiger partial charge in [0.15, 0.2) is 0 Å². The predicted octanol–water partition coefficient (Wildman–Crippen LogP) is 0.437. The summed E-state index contributed by atoms with van der Waals surface area (Å²) in [4.78, 5) is 4.20. The minimum atomic E-state index is -1.56. The lowest BCUT2D eigenvalue weighted by Crippen LogP contribution is -2.31. The van der Waals surface area contributed by atoms with Crippen molar-refractivity contribution in [2.24, 2.45) is 0 Å². The minimum Gasteiger partial charge on any atom is -0.497 e. The van der Waals surface area contributed by atoms with Gasteiger partial charge in [0.05, 0.1) is 12.8 Å². The van der Waals surface area contributed by atoms with Gasteiger partial charge < -0.3 is 14.8 Å². The Hall–Kier alpha value is -1.85. The maximum Gasteiger partial charge on any atom is 0.492 e. The third-order valence-electron chi connectivity index (χ3n) is 2.47. The topological polar surface area (TPSA) is 62.6 Å². The Kier molecular flexibility index (Phi) is 3.42. The highest BCUT2D eigenvalue weighted by Crippen LogP contribution is 2.18. The van der Waals surface area contributed by atoms with Crippen LogP contribution in [0.2, 0.25) is 0 Å². The van der Waals surface area contributed by atoms with Gasteiger partial charge in [0, 0.05) is 17.2 Å². The molecule has 1 aromatic heterocycles. The van der Waals surface area contributed by atoms with Crippen LogP contribution in [0.3, 0.4) is 0 Å². The Balaban J connectivity index is 2.48. The van der Waals surface area contributed by atoms with Crippen molar-refractivity contribution >= 4 is 12.6 Å². The molecule has 0 fully saturated rings. The smallest absolute Gasteiger partial charge is 0.492 e. The molecule has 0 radical (unpaired) electrons. The van der Waals surface area contributed by atoms with Gasteiger partial charge in [-0.1, -0.05) is 6.07 Å². The Labute approximate surface area is 99.7 Å². The van der Waals surface area contributed by atoms with Crippen LogP contribution in [-0.2, 0) is 0 Å². The van der Waals surface area contributed by atoms with Crippen molar-refractivity contribution in [2.75, 3.05) is 7.11 Å². The van der Waals surface area contributed by atoms with Gasteiger partial charge >= 0.3 is 7.12 Å². The Morgan fingerprint density at radius 3 is 2.59 bits per heavy atom. The molecule has 0 aliphatic rings. The van der Waals surface area contributed by atoms with Crippen molar-refractivity contribution < 1.29 is 14.8 Å². The number of nitrogens with zero attached hydrogens (tertiary/aromatic N) is 1. The van der Waals surface area contributed by atoms with E-state index < -0.39 is 7.12 Å². The van der Waals surface area contributed by atoms with E-state index in [1.54, 1.807) is 18.3 Å². The van der Waals surface area contributed by atoms with Crippen molar-refractivity contribution in [3.8, 4) is 17.0 Å². The van der Waals surface area contributed by atoms with Gasteiger partial charge in [0.2, 0.25) is 0 Å². The van der Waals surface area contributed by atoms with Crippen LogP contribution in [0.25, 0.3) is 11.3 Å². The molecule has 0 unspecified atom stereocenters. The van der Waals surface area contributed by atoms with E-state index in [-0.39, 0.29) is 0 Å². The van der Waals surface area contributed by atoms with E-state index in [0.717, 1.165) is 11.3 Å².